The summed E-state index contributed by atoms with van der Waals surface area (Å²) in [5, 5.41) is 14.1. The van der Waals surface area contributed by atoms with E-state index >= 15 is 0 Å². The first-order valence-electron chi connectivity index (χ1n) is 6.54. The number of rotatable bonds is 1. The zero-order chi connectivity index (χ0) is 14.1. The van der Waals surface area contributed by atoms with E-state index in [1.165, 1.54) is 5.06 Å². The number of nitrogens with zero attached hydrogens (tertiary/aromatic N) is 2. The van der Waals surface area contributed by atoms with E-state index < -0.39 is 0 Å². The number of benzene rings is 2. The van der Waals surface area contributed by atoms with Gasteiger partial charge >= 0.3 is 0 Å². The van der Waals surface area contributed by atoms with E-state index in [1.54, 1.807) is 0 Å². The molecule has 0 bridgehead atoms. The third kappa shape index (κ3) is 2.30. The average Bonchev–Trinajstić information content (AvgIpc) is 2.58. The van der Waals surface area contributed by atoms with Crippen molar-refractivity contribution in [1.29, 1.82) is 0 Å². The summed E-state index contributed by atoms with van der Waals surface area (Å²) < 4.78 is 0. The molecule has 2 aromatic rings. The van der Waals surface area contributed by atoms with Gasteiger partial charge in [0, 0.05) is 15.8 Å². The third-order valence-electron chi connectivity index (χ3n) is 3.43. The highest BCUT2D eigenvalue weighted by Crippen LogP contribution is 2.18. The predicted molar refractivity (Wildman–Crippen MR) is 79.1 cm³/mol. The molecule has 102 valence electrons. The summed E-state index contributed by atoms with van der Waals surface area (Å²) in [7, 11) is 0. The van der Waals surface area contributed by atoms with Crippen molar-refractivity contribution in [2.45, 2.75) is 13.0 Å². The van der Waals surface area contributed by atoms with Gasteiger partial charge in [-0.05, 0) is 25.1 Å². The smallest absolute Gasteiger partial charge is 0.0804 e. The zero-order valence-corrected chi connectivity index (χ0v) is 11.9. The van der Waals surface area contributed by atoms with E-state index in [2.05, 4.69) is 4.99 Å². The summed E-state index contributed by atoms with van der Waals surface area (Å²) in [6.45, 7) is 2.49. The minimum Gasteiger partial charge on any atom is -0.288 e. The zero-order valence-electron chi connectivity index (χ0n) is 11.1. The van der Waals surface area contributed by atoms with Crippen LogP contribution in [-0.2, 0) is 0 Å². The van der Waals surface area contributed by atoms with Gasteiger partial charge in [0.1, 0.15) is 0 Å². The summed E-state index contributed by atoms with van der Waals surface area (Å²) in [5.41, 5.74) is 1.69. The van der Waals surface area contributed by atoms with Gasteiger partial charge in [0.25, 0.3) is 0 Å². The molecule has 0 saturated carbocycles. The predicted octanol–water partition coefficient (Wildman–Crippen LogP) is 2.21. The summed E-state index contributed by atoms with van der Waals surface area (Å²) in [6, 6.07) is 15.3. The lowest BCUT2D eigenvalue weighted by molar-refractivity contribution is -0.0570. The molecule has 0 radical (unpaired) electrons. The number of hydrogen-bond donors (Lipinski definition) is 1. The Hall–Kier alpha value is -1.84. The molecular formula is C16H15ClN2O. The molecule has 3 nitrogen and oxygen atoms in total. The molecule has 1 atom stereocenters. The molecule has 1 aliphatic rings. The van der Waals surface area contributed by atoms with Crippen LogP contribution in [0.15, 0.2) is 53.5 Å². The van der Waals surface area contributed by atoms with Gasteiger partial charge in [-0.25, -0.2) is 0 Å². The molecule has 0 aliphatic carbocycles. The maximum absolute atomic E-state index is 10.5. The van der Waals surface area contributed by atoms with Crippen molar-refractivity contribution in [1.82, 2.24) is 5.06 Å². The number of halogens is 1. The quantitative estimate of drug-likeness (QED) is 0.872. The molecule has 4 heteroatoms. The van der Waals surface area contributed by atoms with Gasteiger partial charge in [0.05, 0.1) is 23.6 Å². The Morgan fingerprint density at radius 2 is 1.95 bits per heavy atom. The molecule has 2 aromatic carbocycles. The second kappa shape index (κ2) is 5.27. The molecule has 0 spiro atoms. The largest absolute Gasteiger partial charge is 0.288 e. The van der Waals surface area contributed by atoms with Crippen LogP contribution in [-0.4, -0.2) is 22.9 Å². The fraction of sp³-hybridized carbons (Fsp3) is 0.188. The third-order valence-corrected chi connectivity index (χ3v) is 3.67. The average molecular weight is 287 g/mol. The van der Waals surface area contributed by atoms with Gasteiger partial charge < -0.3 is 0 Å². The highest BCUT2D eigenvalue weighted by Gasteiger charge is 2.19. The Bertz CT molecular complexity index is 743. The van der Waals surface area contributed by atoms with E-state index in [-0.39, 0.29) is 6.04 Å². The van der Waals surface area contributed by atoms with E-state index in [1.807, 2.05) is 55.5 Å². The molecule has 1 aliphatic heterocycles. The molecule has 0 fully saturated rings. The first-order valence-corrected chi connectivity index (χ1v) is 6.92. The van der Waals surface area contributed by atoms with Gasteiger partial charge in [-0.1, -0.05) is 41.9 Å². The first-order chi connectivity index (χ1) is 9.66. The van der Waals surface area contributed by atoms with E-state index in [4.69, 9.17) is 11.6 Å². The van der Waals surface area contributed by atoms with Gasteiger partial charge in [-0.2, -0.15) is 0 Å². The fourth-order valence-corrected chi connectivity index (χ4v) is 2.54. The van der Waals surface area contributed by atoms with Crippen LogP contribution < -0.4 is 10.6 Å². The van der Waals surface area contributed by atoms with Crippen molar-refractivity contribution < 1.29 is 5.21 Å². The summed E-state index contributed by atoms with van der Waals surface area (Å²) in [6.07, 6.45) is 0. The van der Waals surface area contributed by atoms with Crippen LogP contribution in [0.4, 0.5) is 0 Å². The number of hydroxylamine groups is 2. The van der Waals surface area contributed by atoms with Gasteiger partial charge in [-0.15, -0.1) is 0 Å². The standard InChI is InChI=1S/C16H15ClN2O/c1-11-10-18-15-8-7-13(17)9-14(15)16(19(11)20)12-5-3-2-4-6-12/h2-9,11,20H,10H2,1H3. The molecule has 0 saturated heterocycles. The van der Waals surface area contributed by atoms with Crippen LogP contribution in [0.5, 0.6) is 0 Å². The van der Waals surface area contributed by atoms with Crippen molar-refractivity contribution in [3.05, 3.63) is 69.7 Å². The Labute approximate surface area is 122 Å². The van der Waals surface area contributed by atoms with Crippen molar-refractivity contribution in [3.8, 4) is 0 Å². The van der Waals surface area contributed by atoms with Crippen LogP contribution >= 0.6 is 11.6 Å². The van der Waals surface area contributed by atoms with Crippen LogP contribution in [0, 0.1) is 0 Å². The van der Waals surface area contributed by atoms with Crippen LogP contribution in [0.3, 0.4) is 0 Å². The number of hydrogen-bond acceptors (Lipinski definition) is 3. The maximum Gasteiger partial charge on any atom is 0.0804 e. The van der Waals surface area contributed by atoms with E-state index in [9.17, 15) is 5.21 Å². The maximum atomic E-state index is 10.5. The highest BCUT2D eigenvalue weighted by molar-refractivity contribution is 6.30. The van der Waals surface area contributed by atoms with Crippen molar-refractivity contribution in [2.75, 3.05) is 6.54 Å². The topological polar surface area (TPSA) is 35.8 Å². The minimum absolute atomic E-state index is 0.0867. The Kier molecular flexibility index (Phi) is 3.47. The Balaban J connectivity index is 2.40. The lowest BCUT2D eigenvalue weighted by atomic mass is 10.1. The van der Waals surface area contributed by atoms with Crippen LogP contribution in [0.1, 0.15) is 12.5 Å². The lowest BCUT2D eigenvalue weighted by Crippen LogP contribution is -2.35. The second-order valence-electron chi connectivity index (χ2n) is 4.91. The lowest BCUT2D eigenvalue weighted by Gasteiger charge is -2.25. The summed E-state index contributed by atoms with van der Waals surface area (Å²) >= 11 is 6.11. The minimum atomic E-state index is -0.0867. The Morgan fingerprint density at radius 3 is 2.70 bits per heavy atom. The SMILES string of the molecule is CC1CN=c2ccc(Cl)cc2=C(c2ccccc2)N1O. The van der Waals surface area contributed by atoms with Crippen LogP contribution in [0.25, 0.3) is 5.70 Å². The molecule has 0 aromatic heterocycles. The van der Waals surface area contributed by atoms with Crippen LogP contribution in [0.2, 0.25) is 5.02 Å². The molecule has 1 unspecified atom stereocenters. The molecule has 20 heavy (non-hydrogen) atoms. The van der Waals surface area contributed by atoms with Gasteiger partial charge in [0.15, 0.2) is 0 Å². The van der Waals surface area contributed by atoms with Gasteiger partial charge in [-0.3, -0.25) is 15.3 Å². The van der Waals surface area contributed by atoms with Gasteiger partial charge in [0.2, 0.25) is 0 Å². The monoisotopic (exact) mass is 286 g/mol. The fourth-order valence-electron chi connectivity index (χ4n) is 2.37. The molecule has 1 N–H and O–H groups in total. The molecule has 0 amide bonds. The number of fused-ring (bicyclic) bond motifs is 1. The normalized spacial score (nSPS) is 18.2. The molecule has 1 heterocycles. The highest BCUT2D eigenvalue weighted by atomic mass is 35.5. The van der Waals surface area contributed by atoms with E-state index in [0.717, 1.165) is 21.8 Å². The van der Waals surface area contributed by atoms with Crippen molar-refractivity contribution >= 4 is 17.3 Å². The molecule has 3 rings (SSSR count). The van der Waals surface area contributed by atoms with Crippen molar-refractivity contribution in [2.24, 2.45) is 4.99 Å². The Morgan fingerprint density at radius 1 is 1.20 bits per heavy atom. The van der Waals surface area contributed by atoms with E-state index in [0.29, 0.717) is 11.6 Å². The summed E-state index contributed by atoms with van der Waals surface area (Å²) in [5.74, 6) is 0. The van der Waals surface area contributed by atoms with Crippen molar-refractivity contribution in [3.63, 3.8) is 0 Å². The first kappa shape index (κ1) is 13.2. The summed E-state index contributed by atoms with van der Waals surface area (Å²) in [4.78, 5) is 4.55. The molecular weight excluding hydrogens is 272 g/mol. The second-order valence-corrected chi connectivity index (χ2v) is 5.35.